The van der Waals surface area contributed by atoms with Crippen LogP contribution in [0.3, 0.4) is 0 Å². The molecule has 0 saturated carbocycles. The van der Waals surface area contributed by atoms with Crippen LogP contribution >= 0.6 is 0 Å². The number of alkyl halides is 2. The molecule has 122 valence electrons. The van der Waals surface area contributed by atoms with Gasteiger partial charge in [-0.05, 0) is 11.6 Å². The molecule has 22 heavy (non-hydrogen) atoms. The van der Waals surface area contributed by atoms with Gasteiger partial charge in [-0.3, -0.25) is 15.0 Å². The van der Waals surface area contributed by atoms with E-state index in [1.807, 2.05) is 0 Å². The van der Waals surface area contributed by atoms with Gasteiger partial charge in [-0.2, -0.15) is 4.39 Å². The number of nitrogens with one attached hydrogen (secondary N) is 1. The van der Waals surface area contributed by atoms with Gasteiger partial charge in [0.25, 0.3) is 5.92 Å². The molecule has 9 heteroatoms. The summed E-state index contributed by atoms with van der Waals surface area (Å²) in [5.41, 5.74) is -0.944. The molecule has 1 aromatic rings. The SMILES string of the molecule is O=[N+]([O-])c1cc([C@@H](N2CCNCC2)C(F)(F)CO)ccc1F. The Bertz CT molecular complexity index is 551. The summed E-state index contributed by atoms with van der Waals surface area (Å²) in [6.45, 7) is 0.173. The lowest BCUT2D eigenvalue weighted by atomic mass is 9.97. The maximum absolute atomic E-state index is 14.1. The third kappa shape index (κ3) is 3.37. The van der Waals surface area contributed by atoms with Crippen LogP contribution < -0.4 is 5.32 Å². The predicted octanol–water partition coefficient (Wildman–Crippen LogP) is 1.31. The number of halogens is 3. The Hall–Kier alpha value is -1.71. The second kappa shape index (κ2) is 6.59. The van der Waals surface area contributed by atoms with Crippen LogP contribution in [0.2, 0.25) is 0 Å². The average molecular weight is 319 g/mol. The maximum Gasteiger partial charge on any atom is 0.305 e. The first kappa shape index (κ1) is 16.7. The third-order valence-corrected chi connectivity index (χ3v) is 3.61. The van der Waals surface area contributed by atoms with Crippen molar-refractivity contribution in [1.82, 2.24) is 10.2 Å². The van der Waals surface area contributed by atoms with Crippen molar-refractivity contribution in [3.05, 3.63) is 39.7 Å². The molecule has 0 aromatic heterocycles. The van der Waals surface area contributed by atoms with E-state index >= 15 is 0 Å². The summed E-state index contributed by atoms with van der Waals surface area (Å²) in [6, 6.07) is 1.17. The molecule has 0 spiro atoms. The number of aliphatic hydroxyl groups is 1. The monoisotopic (exact) mass is 319 g/mol. The lowest BCUT2D eigenvalue weighted by molar-refractivity contribution is -0.387. The van der Waals surface area contributed by atoms with Crippen LogP contribution in [0.1, 0.15) is 11.6 Å². The van der Waals surface area contributed by atoms with E-state index in [1.165, 1.54) is 4.90 Å². The number of piperazine rings is 1. The minimum Gasteiger partial charge on any atom is -0.390 e. The number of aliphatic hydroxyl groups excluding tert-OH is 1. The number of hydrogen-bond acceptors (Lipinski definition) is 5. The fourth-order valence-corrected chi connectivity index (χ4v) is 2.59. The van der Waals surface area contributed by atoms with Crippen molar-refractivity contribution >= 4 is 5.69 Å². The van der Waals surface area contributed by atoms with Crippen LogP contribution in [0.25, 0.3) is 0 Å². The van der Waals surface area contributed by atoms with E-state index in [4.69, 9.17) is 5.11 Å². The Morgan fingerprint density at radius 1 is 1.41 bits per heavy atom. The van der Waals surface area contributed by atoms with E-state index in [1.54, 1.807) is 0 Å². The van der Waals surface area contributed by atoms with E-state index in [0.29, 0.717) is 26.2 Å². The molecule has 6 nitrogen and oxygen atoms in total. The fourth-order valence-electron chi connectivity index (χ4n) is 2.59. The second-order valence-corrected chi connectivity index (χ2v) is 5.08. The molecule has 2 rings (SSSR count). The number of hydrogen-bond donors (Lipinski definition) is 2. The average Bonchev–Trinajstić information content (AvgIpc) is 2.50. The van der Waals surface area contributed by atoms with Crippen LogP contribution in [0.5, 0.6) is 0 Å². The Labute approximate surface area is 124 Å². The van der Waals surface area contributed by atoms with Crippen LogP contribution in [-0.2, 0) is 0 Å². The van der Waals surface area contributed by atoms with Crippen molar-refractivity contribution in [2.45, 2.75) is 12.0 Å². The van der Waals surface area contributed by atoms with E-state index in [9.17, 15) is 23.3 Å². The molecule has 0 unspecified atom stereocenters. The van der Waals surface area contributed by atoms with Crippen LogP contribution in [0.4, 0.5) is 18.9 Å². The van der Waals surface area contributed by atoms with Crippen molar-refractivity contribution in [1.29, 1.82) is 0 Å². The van der Waals surface area contributed by atoms with Gasteiger partial charge in [0.1, 0.15) is 12.6 Å². The zero-order valence-electron chi connectivity index (χ0n) is 11.6. The van der Waals surface area contributed by atoms with Gasteiger partial charge in [-0.1, -0.05) is 6.07 Å². The Morgan fingerprint density at radius 3 is 2.59 bits per heavy atom. The molecule has 1 fully saturated rings. The number of benzene rings is 1. The first-order valence-corrected chi connectivity index (χ1v) is 6.74. The highest BCUT2D eigenvalue weighted by Gasteiger charge is 2.44. The van der Waals surface area contributed by atoms with Gasteiger partial charge < -0.3 is 10.4 Å². The number of nitro benzene ring substituents is 1. The summed E-state index contributed by atoms with van der Waals surface area (Å²) < 4.78 is 41.7. The first-order valence-electron chi connectivity index (χ1n) is 6.74. The van der Waals surface area contributed by atoms with Crippen molar-refractivity contribution < 1.29 is 23.2 Å². The molecule has 1 atom stereocenters. The van der Waals surface area contributed by atoms with Crippen molar-refractivity contribution in [2.24, 2.45) is 0 Å². The number of rotatable bonds is 5. The first-order chi connectivity index (χ1) is 10.4. The van der Waals surface area contributed by atoms with Crippen molar-refractivity contribution in [2.75, 3.05) is 32.8 Å². The Kier molecular flexibility index (Phi) is 4.99. The standard InChI is InChI=1S/C13H16F3N3O3/c14-10-2-1-9(7-11(10)19(21)22)12(13(15,16)8-20)18-5-3-17-4-6-18/h1-2,7,12,17,20H,3-6,8H2/t12-/m1/s1. The van der Waals surface area contributed by atoms with Gasteiger partial charge in [0.2, 0.25) is 5.82 Å². The van der Waals surface area contributed by atoms with E-state index in [-0.39, 0.29) is 5.56 Å². The lowest BCUT2D eigenvalue weighted by Crippen LogP contribution is -2.51. The summed E-state index contributed by atoms with van der Waals surface area (Å²) in [5, 5.41) is 22.8. The van der Waals surface area contributed by atoms with E-state index < -0.39 is 35.0 Å². The summed E-state index contributed by atoms with van der Waals surface area (Å²) in [7, 11) is 0. The topological polar surface area (TPSA) is 78.6 Å². The maximum atomic E-state index is 14.1. The smallest absolute Gasteiger partial charge is 0.305 e. The Morgan fingerprint density at radius 2 is 2.05 bits per heavy atom. The largest absolute Gasteiger partial charge is 0.390 e. The van der Waals surface area contributed by atoms with E-state index in [0.717, 1.165) is 18.2 Å². The van der Waals surface area contributed by atoms with Gasteiger partial charge in [0.05, 0.1) is 4.92 Å². The summed E-state index contributed by atoms with van der Waals surface area (Å²) in [6.07, 6.45) is 0. The molecule has 0 radical (unpaired) electrons. The van der Waals surface area contributed by atoms with Gasteiger partial charge in [-0.25, -0.2) is 8.78 Å². The van der Waals surface area contributed by atoms with Crippen LogP contribution in [0, 0.1) is 15.9 Å². The fraction of sp³-hybridized carbons (Fsp3) is 0.538. The highest BCUT2D eigenvalue weighted by molar-refractivity contribution is 5.38. The quantitative estimate of drug-likeness (QED) is 0.632. The summed E-state index contributed by atoms with van der Waals surface area (Å²) in [5.74, 6) is -4.58. The predicted molar refractivity (Wildman–Crippen MR) is 72.3 cm³/mol. The normalized spacial score (nSPS) is 18.2. The molecule has 1 aliphatic rings. The number of nitro groups is 1. The van der Waals surface area contributed by atoms with Gasteiger partial charge in [-0.15, -0.1) is 0 Å². The van der Waals surface area contributed by atoms with Crippen LogP contribution in [-0.4, -0.2) is 53.6 Å². The third-order valence-electron chi connectivity index (χ3n) is 3.61. The Balaban J connectivity index is 2.44. The minimum absolute atomic E-state index is 0.0888. The minimum atomic E-state index is -3.50. The van der Waals surface area contributed by atoms with Crippen LogP contribution in [0.15, 0.2) is 18.2 Å². The molecule has 2 N–H and O–H groups in total. The van der Waals surface area contributed by atoms with E-state index in [2.05, 4.69) is 5.32 Å². The van der Waals surface area contributed by atoms with Gasteiger partial charge in [0.15, 0.2) is 0 Å². The summed E-state index contributed by atoms with van der Waals surface area (Å²) in [4.78, 5) is 11.3. The van der Waals surface area contributed by atoms with Crippen molar-refractivity contribution in [3.8, 4) is 0 Å². The molecule has 1 heterocycles. The number of nitrogens with zero attached hydrogens (tertiary/aromatic N) is 2. The second-order valence-electron chi connectivity index (χ2n) is 5.08. The van der Waals surface area contributed by atoms with Gasteiger partial charge >= 0.3 is 5.69 Å². The highest BCUT2D eigenvalue weighted by Crippen LogP contribution is 2.38. The molecular formula is C13H16F3N3O3. The highest BCUT2D eigenvalue weighted by atomic mass is 19.3. The molecule has 0 aliphatic carbocycles. The lowest BCUT2D eigenvalue weighted by Gasteiger charge is -2.38. The summed E-state index contributed by atoms with van der Waals surface area (Å²) >= 11 is 0. The molecule has 1 aromatic carbocycles. The molecule has 0 bridgehead atoms. The zero-order chi connectivity index (χ0) is 16.3. The molecular weight excluding hydrogens is 303 g/mol. The zero-order valence-corrected chi connectivity index (χ0v) is 11.6. The van der Waals surface area contributed by atoms with Crippen molar-refractivity contribution in [3.63, 3.8) is 0 Å². The molecule has 1 aliphatic heterocycles. The molecule has 0 amide bonds. The van der Waals surface area contributed by atoms with Gasteiger partial charge in [0, 0.05) is 32.2 Å². The molecule has 1 saturated heterocycles.